The van der Waals surface area contributed by atoms with Crippen LogP contribution < -0.4 is 9.64 Å². The minimum absolute atomic E-state index is 0.0865. The molecule has 3 nitrogen and oxygen atoms in total. The smallest absolute Gasteiger partial charge is 0.223 e. The van der Waals surface area contributed by atoms with Crippen molar-refractivity contribution in [3.05, 3.63) is 109 Å². The lowest BCUT2D eigenvalue weighted by molar-refractivity contribution is 0.179. The third-order valence-corrected chi connectivity index (χ3v) is 4.91. The van der Waals surface area contributed by atoms with Crippen LogP contribution in [0.4, 0.5) is 17.1 Å². The summed E-state index contributed by atoms with van der Waals surface area (Å²) in [6, 6.07) is 37.6. The second-order valence-corrected chi connectivity index (χ2v) is 6.96. The van der Waals surface area contributed by atoms with Gasteiger partial charge in [0.2, 0.25) is 6.29 Å². The van der Waals surface area contributed by atoms with Crippen LogP contribution in [0.5, 0.6) is 5.75 Å². The minimum Gasteiger partial charge on any atom is -0.462 e. The zero-order chi connectivity index (χ0) is 19.5. The Morgan fingerprint density at radius 3 is 1.66 bits per heavy atom. The van der Waals surface area contributed by atoms with Crippen molar-refractivity contribution in [1.29, 1.82) is 0 Å². The predicted octanol–water partition coefficient (Wildman–Crippen LogP) is 6.56. The summed E-state index contributed by atoms with van der Waals surface area (Å²) in [5, 5.41) is 0. The molecule has 1 fully saturated rings. The number of rotatable bonds is 6. The van der Waals surface area contributed by atoms with Crippen molar-refractivity contribution in [1.82, 2.24) is 0 Å². The van der Waals surface area contributed by atoms with Gasteiger partial charge in [-0.3, -0.25) is 0 Å². The van der Waals surface area contributed by atoms with Gasteiger partial charge in [0.15, 0.2) is 0 Å². The molecule has 0 N–H and O–H groups in total. The molecule has 4 aromatic carbocycles. The van der Waals surface area contributed by atoms with E-state index in [1.54, 1.807) is 0 Å². The number of hydrogen-bond acceptors (Lipinski definition) is 3. The van der Waals surface area contributed by atoms with Gasteiger partial charge in [0.1, 0.15) is 12.4 Å². The van der Waals surface area contributed by atoms with Gasteiger partial charge in [-0.25, -0.2) is 0 Å². The van der Waals surface area contributed by atoms with Crippen molar-refractivity contribution >= 4 is 17.1 Å². The Balaban J connectivity index is 1.49. The zero-order valence-electron chi connectivity index (χ0n) is 15.9. The Kier molecular flexibility index (Phi) is 4.73. The number of epoxide rings is 1. The Morgan fingerprint density at radius 2 is 1.07 bits per heavy atom. The lowest BCUT2D eigenvalue weighted by Gasteiger charge is -2.25. The van der Waals surface area contributed by atoms with Crippen molar-refractivity contribution < 1.29 is 9.47 Å². The number of nitrogens with zero attached hydrogens (tertiary/aromatic N) is 1. The monoisotopic (exact) mass is 379 g/mol. The van der Waals surface area contributed by atoms with Crippen LogP contribution in [-0.2, 0) is 4.74 Å². The van der Waals surface area contributed by atoms with Crippen LogP contribution in [0.3, 0.4) is 0 Å². The molecule has 0 spiro atoms. The molecule has 5 rings (SSSR count). The summed E-state index contributed by atoms with van der Waals surface area (Å²) in [6.07, 6.45) is -0.0865. The first-order valence-electron chi connectivity index (χ1n) is 9.76. The quantitative estimate of drug-likeness (QED) is 0.355. The van der Waals surface area contributed by atoms with Crippen LogP contribution in [0.2, 0.25) is 0 Å². The topological polar surface area (TPSA) is 25.0 Å². The number of anilines is 3. The fraction of sp³-hybridized carbons (Fsp3) is 0.0769. The summed E-state index contributed by atoms with van der Waals surface area (Å²) in [7, 11) is 0. The second kappa shape index (κ2) is 7.82. The molecule has 0 aliphatic carbocycles. The molecule has 1 heterocycles. The van der Waals surface area contributed by atoms with E-state index in [2.05, 4.69) is 89.8 Å². The average Bonchev–Trinajstić information content (AvgIpc) is 3.61. The molecule has 1 atom stereocenters. The highest BCUT2D eigenvalue weighted by atomic mass is 16.8. The largest absolute Gasteiger partial charge is 0.462 e. The Bertz CT molecular complexity index is 1060. The van der Waals surface area contributed by atoms with Gasteiger partial charge in [-0.1, -0.05) is 60.7 Å². The molecule has 0 aromatic heterocycles. The molecule has 4 aromatic rings. The molecule has 29 heavy (non-hydrogen) atoms. The summed E-state index contributed by atoms with van der Waals surface area (Å²) in [5.74, 6) is 0.823. The van der Waals surface area contributed by atoms with Crippen LogP contribution in [0.15, 0.2) is 109 Å². The van der Waals surface area contributed by atoms with Gasteiger partial charge in [0, 0.05) is 17.1 Å². The fourth-order valence-electron chi connectivity index (χ4n) is 3.39. The summed E-state index contributed by atoms with van der Waals surface area (Å²) < 4.78 is 10.8. The Labute approximate surface area is 170 Å². The van der Waals surface area contributed by atoms with E-state index in [4.69, 9.17) is 9.47 Å². The first-order chi connectivity index (χ1) is 14.4. The van der Waals surface area contributed by atoms with E-state index in [-0.39, 0.29) is 6.29 Å². The third kappa shape index (κ3) is 4.00. The molecular weight excluding hydrogens is 358 g/mol. The average molecular weight is 379 g/mol. The molecule has 0 saturated carbocycles. The zero-order valence-corrected chi connectivity index (χ0v) is 15.9. The maximum atomic E-state index is 5.70. The van der Waals surface area contributed by atoms with Gasteiger partial charge >= 0.3 is 0 Å². The van der Waals surface area contributed by atoms with E-state index in [0.717, 1.165) is 22.8 Å². The van der Waals surface area contributed by atoms with Crippen molar-refractivity contribution in [2.75, 3.05) is 11.5 Å². The minimum atomic E-state index is -0.0865. The highest BCUT2D eigenvalue weighted by molar-refractivity contribution is 5.78. The van der Waals surface area contributed by atoms with Crippen molar-refractivity contribution in [3.63, 3.8) is 0 Å². The van der Waals surface area contributed by atoms with Crippen molar-refractivity contribution in [2.24, 2.45) is 0 Å². The van der Waals surface area contributed by atoms with Gasteiger partial charge in [-0.05, 0) is 59.7 Å². The van der Waals surface area contributed by atoms with Crippen molar-refractivity contribution in [3.8, 4) is 16.9 Å². The SMILES string of the molecule is c1ccc(-c2ccc(N(c3ccccc3)c3ccc(OC4CO4)cc3)cc2)cc1. The van der Waals surface area contributed by atoms with E-state index in [9.17, 15) is 0 Å². The second-order valence-electron chi connectivity index (χ2n) is 6.96. The lowest BCUT2D eigenvalue weighted by atomic mass is 10.0. The van der Waals surface area contributed by atoms with Gasteiger partial charge in [0.25, 0.3) is 0 Å². The van der Waals surface area contributed by atoms with Crippen LogP contribution in [0.25, 0.3) is 11.1 Å². The maximum absolute atomic E-state index is 5.70. The molecule has 0 radical (unpaired) electrons. The van der Waals surface area contributed by atoms with Gasteiger partial charge < -0.3 is 14.4 Å². The van der Waals surface area contributed by atoms with E-state index >= 15 is 0 Å². The number of hydrogen-bond donors (Lipinski definition) is 0. The fourth-order valence-corrected chi connectivity index (χ4v) is 3.39. The molecular formula is C26H21NO2. The summed E-state index contributed by atoms with van der Waals surface area (Å²) in [6.45, 7) is 0.672. The van der Waals surface area contributed by atoms with Gasteiger partial charge in [-0.2, -0.15) is 0 Å². The molecule has 1 aliphatic heterocycles. The normalized spacial score (nSPS) is 15.0. The van der Waals surface area contributed by atoms with E-state index < -0.39 is 0 Å². The van der Waals surface area contributed by atoms with Crippen LogP contribution in [0.1, 0.15) is 0 Å². The summed E-state index contributed by atoms with van der Waals surface area (Å²) >= 11 is 0. The standard InChI is InChI=1S/C26H21NO2/c1-3-7-20(8-4-1)21-11-13-23(14-12-21)27(22-9-5-2-6-10-22)24-15-17-25(18-16-24)29-26-19-28-26/h1-18,26H,19H2. The number of ether oxygens (including phenoxy) is 2. The highest BCUT2D eigenvalue weighted by Crippen LogP contribution is 2.36. The molecule has 1 saturated heterocycles. The van der Waals surface area contributed by atoms with Crippen molar-refractivity contribution in [2.45, 2.75) is 6.29 Å². The number of benzene rings is 4. The highest BCUT2D eigenvalue weighted by Gasteiger charge is 2.24. The Morgan fingerprint density at radius 1 is 0.586 bits per heavy atom. The van der Waals surface area contributed by atoms with Gasteiger partial charge in [-0.15, -0.1) is 0 Å². The molecule has 0 bridgehead atoms. The van der Waals surface area contributed by atoms with E-state index in [1.165, 1.54) is 11.1 Å². The van der Waals surface area contributed by atoms with E-state index in [0.29, 0.717) is 6.61 Å². The van der Waals surface area contributed by atoms with Crippen LogP contribution >= 0.6 is 0 Å². The molecule has 1 aliphatic rings. The summed E-state index contributed by atoms with van der Waals surface area (Å²) in [5.41, 5.74) is 5.71. The van der Waals surface area contributed by atoms with Crippen LogP contribution in [0, 0.1) is 0 Å². The number of para-hydroxylation sites is 1. The molecule has 142 valence electrons. The lowest BCUT2D eigenvalue weighted by Crippen LogP contribution is -2.09. The molecule has 1 unspecified atom stereocenters. The van der Waals surface area contributed by atoms with Gasteiger partial charge in [0.05, 0.1) is 0 Å². The first-order valence-corrected chi connectivity index (χ1v) is 9.76. The first kappa shape index (κ1) is 17.5. The van der Waals surface area contributed by atoms with E-state index in [1.807, 2.05) is 24.3 Å². The molecule has 0 amide bonds. The maximum Gasteiger partial charge on any atom is 0.223 e. The molecule has 3 heteroatoms. The predicted molar refractivity (Wildman–Crippen MR) is 117 cm³/mol. The van der Waals surface area contributed by atoms with Crippen LogP contribution in [-0.4, -0.2) is 12.9 Å². The Hall–Kier alpha value is -3.56. The third-order valence-electron chi connectivity index (χ3n) is 4.91. The summed E-state index contributed by atoms with van der Waals surface area (Å²) in [4.78, 5) is 2.24.